The van der Waals surface area contributed by atoms with Crippen molar-refractivity contribution in [2.24, 2.45) is 0 Å². The zero-order valence-electron chi connectivity index (χ0n) is 10.9. The van der Waals surface area contributed by atoms with Gasteiger partial charge in [-0.3, -0.25) is 4.79 Å². The Labute approximate surface area is 125 Å². The minimum atomic E-state index is -0.570. The number of hydrogen-bond acceptors (Lipinski definition) is 4. The fourth-order valence-electron chi connectivity index (χ4n) is 2.09. The van der Waals surface area contributed by atoms with Crippen molar-refractivity contribution in [3.05, 3.63) is 28.6 Å². The molecule has 1 aromatic rings. The van der Waals surface area contributed by atoms with Crippen LogP contribution in [0.15, 0.2) is 27.3 Å². The van der Waals surface area contributed by atoms with Gasteiger partial charge in [-0.2, -0.15) is 0 Å². The fourth-order valence-corrected chi connectivity index (χ4v) is 2.41. The van der Waals surface area contributed by atoms with E-state index in [1.54, 1.807) is 12.1 Å². The van der Waals surface area contributed by atoms with Gasteiger partial charge in [0, 0.05) is 12.1 Å². The normalized spacial score (nSPS) is 15.7. The van der Waals surface area contributed by atoms with Gasteiger partial charge in [0.2, 0.25) is 0 Å². The molecule has 1 aliphatic carbocycles. The molecule has 0 aromatic carbocycles. The van der Waals surface area contributed by atoms with Crippen LogP contribution in [0.2, 0.25) is 0 Å². The molecule has 1 aliphatic rings. The van der Waals surface area contributed by atoms with E-state index < -0.39 is 5.97 Å². The van der Waals surface area contributed by atoms with Crippen molar-refractivity contribution in [2.75, 3.05) is 6.61 Å². The minimum Gasteiger partial charge on any atom is -0.452 e. The van der Waals surface area contributed by atoms with Crippen molar-refractivity contribution >= 4 is 33.9 Å². The van der Waals surface area contributed by atoms with Crippen LogP contribution in [-0.4, -0.2) is 24.5 Å². The number of ether oxygens (including phenoxy) is 1. The zero-order chi connectivity index (χ0) is 14.4. The Kier molecular flexibility index (Phi) is 5.40. The molecule has 1 fully saturated rings. The summed E-state index contributed by atoms with van der Waals surface area (Å²) in [5.74, 6) is -0.289. The van der Waals surface area contributed by atoms with Gasteiger partial charge < -0.3 is 14.5 Å². The smallest absolute Gasteiger partial charge is 0.331 e. The molecule has 5 nitrogen and oxygen atoms in total. The molecule has 108 valence electrons. The number of hydrogen-bond donors (Lipinski definition) is 1. The first kappa shape index (κ1) is 14.8. The van der Waals surface area contributed by atoms with Gasteiger partial charge in [0.1, 0.15) is 5.76 Å². The van der Waals surface area contributed by atoms with Crippen LogP contribution in [-0.2, 0) is 14.3 Å². The molecular weight excluding hydrogens is 326 g/mol. The third-order valence-corrected chi connectivity index (χ3v) is 3.47. The number of esters is 1. The Hall–Kier alpha value is -1.56. The SMILES string of the molecule is O=C(COC(=O)C=Cc1ccc(Br)o1)NC1CCCC1. The van der Waals surface area contributed by atoms with Crippen molar-refractivity contribution in [3.8, 4) is 0 Å². The van der Waals surface area contributed by atoms with Gasteiger partial charge >= 0.3 is 5.97 Å². The maximum Gasteiger partial charge on any atom is 0.331 e. The van der Waals surface area contributed by atoms with Gasteiger partial charge in [0.05, 0.1) is 0 Å². The second-order valence-corrected chi connectivity index (χ2v) is 5.41. The van der Waals surface area contributed by atoms with E-state index in [2.05, 4.69) is 21.2 Å². The van der Waals surface area contributed by atoms with Crippen LogP contribution in [0.4, 0.5) is 0 Å². The molecule has 1 heterocycles. The lowest BCUT2D eigenvalue weighted by Crippen LogP contribution is -2.35. The third kappa shape index (κ3) is 4.85. The van der Waals surface area contributed by atoms with Gasteiger partial charge in [0.25, 0.3) is 5.91 Å². The Morgan fingerprint density at radius 3 is 2.80 bits per heavy atom. The van der Waals surface area contributed by atoms with E-state index in [0.717, 1.165) is 25.7 Å². The first-order chi connectivity index (χ1) is 9.63. The number of furan rings is 1. The molecule has 0 radical (unpaired) electrons. The second kappa shape index (κ2) is 7.28. The lowest BCUT2D eigenvalue weighted by molar-refractivity contribution is -0.144. The molecule has 1 N–H and O–H groups in total. The number of nitrogens with one attached hydrogen (secondary N) is 1. The summed E-state index contributed by atoms with van der Waals surface area (Å²) in [7, 11) is 0. The highest BCUT2D eigenvalue weighted by Crippen LogP contribution is 2.17. The summed E-state index contributed by atoms with van der Waals surface area (Å²) in [5, 5.41) is 2.85. The van der Waals surface area contributed by atoms with E-state index in [1.165, 1.54) is 12.2 Å². The molecule has 1 aromatic heterocycles. The molecule has 0 aliphatic heterocycles. The van der Waals surface area contributed by atoms with Crippen LogP contribution < -0.4 is 5.32 Å². The summed E-state index contributed by atoms with van der Waals surface area (Å²) in [5.41, 5.74) is 0. The monoisotopic (exact) mass is 341 g/mol. The van der Waals surface area contributed by atoms with Crippen molar-refractivity contribution in [1.29, 1.82) is 0 Å². The summed E-state index contributed by atoms with van der Waals surface area (Å²) >= 11 is 3.16. The number of amides is 1. The third-order valence-electron chi connectivity index (χ3n) is 3.04. The van der Waals surface area contributed by atoms with Gasteiger partial charge in [-0.1, -0.05) is 12.8 Å². The van der Waals surface area contributed by atoms with Gasteiger partial charge in [0.15, 0.2) is 11.3 Å². The molecule has 2 rings (SSSR count). The van der Waals surface area contributed by atoms with E-state index in [-0.39, 0.29) is 18.6 Å². The Bertz CT molecular complexity index is 503. The van der Waals surface area contributed by atoms with Crippen molar-refractivity contribution in [2.45, 2.75) is 31.7 Å². The average Bonchev–Trinajstić information content (AvgIpc) is 3.05. The molecule has 0 saturated heterocycles. The molecule has 1 saturated carbocycles. The molecule has 20 heavy (non-hydrogen) atoms. The van der Waals surface area contributed by atoms with Crippen LogP contribution in [0.25, 0.3) is 6.08 Å². The summed E-state index contributed by atoms with van der Waals surface area (Å²) in [6.07, 6.45) is 7.02. The Balaban J connectivity index is 1.69. The standard InChI is InChI=1S/C14H16BrNO4/c15-12-7-5-11(20-12)6-8-14(18)19-9-13(17)16-10-3-1-2-4-10/h5-8,10H,1-4,9H2,(H,16,17). The topological polar surface area (TPSA) is 68.5 Å². The number of halogens is 1. The predicted octanol–water partition coefficient (Wildman–Crippen LogP) is 2.66. The summed E-state index contributed by atoms with van der Waals surface area (Å²) in [6.45, 7) is -0.248. The Morgan fingerprint density at radius 2 is 2.15 bits per heavy atom. The van der Waals surface area contributed by atoms with E-state index in [0.29, 0.717) is 10.4 Å². The average molecular weight is 342 g/mol. The molecular formula is C14H16BrNO4. The summed E-state index contributed by atoms with van der Waals surface area (Å²) in [6, 6.07) is 3.66. The zero-order valence-corrected chi connectivity index (χ0v) is 12.5. The van der Waals surface area contributed by atoms with Crippen LogP contribution >= 0.6 is 15.9 Å². The highest BCUT2D eigenvalue weighted by atomic mass is 79.9. The first-order valence-corrected chi connectivity index (χ1v) is 7.32. The lowest BCUT2D eigenvalue weighted by atomic mass is 10.2. The highest BCUT2D eigenvalue weighted by molar-refractivity contribution is 9.10. The Morgan fingerprint density at radius 1 is 1.40 bits per heavy atom. The molecule has 0 bridgehead atoms. The van der Waals surface area contributed by atoms with Crippen LogP contribution in [0.3, 0.4) is 0 Å². The largest absolute Gasteiger partial charge is 0.452 e. The molecule has 6 heteroatoms. The maximum atomic E-state index is 11.5. The summed E-state index contributed by atoms with van der Waals surface area (Å²) < 4.78 is 10.6. The molecule has 0 spiro atoms. The van der Waals surface area contributed by atoms with Gasteiger partial charge in [-0.15, -0.1) is 0 Å². The lowest BCUT2D eigenvalue weighted by Gasteiger charge is -2.11. The number of carbonyl (C=O) groups excluding carboxylic acids is 2. The van der Waals surface area contributed by atoms with Crippen LogP contribution in [0.5, 0.6) is 0 Å². The maximum absolute atomic E-state index is 11.5. The molecule has 1 amide bonds. The van der Waals surface area contributed by atoms with Crippen molar-refractivity contribution < 1.29 is 18.7 Å². The van der Waals surface area contributed by atoms with E-state index >= 15 is 0 Å². The van der Waals surface area contributed by atoms with Crippen molar-refractivity contribution in [1.82, 2.24) is 5.32 Å². The first-order valence-electron chi connectivity index (χ1n) is 6.53. The van der Waals surface area contributed by atoms with E-state index in [4.69, 9.17) is 9.15 Å². The number of rotatable bonds is 5. The van der Waals surface area contributed by atoms with Crippen molar-refractivity contribution in [3.63, 3.8) is 0 Å². The second-order valence-electron chi connectivity index (χ2n) is 4.63. The number of carbonyl (C=O) groups is 2. The van der Waals surface area contributed by atoms with E-state index in [9.17, 15) is 9.59 Å². The fraction of sp³-hybridized carbons (Fsp3) is 0.429. The summed E-state index contributed by atoms with van der Waals surface area (Å²) in [4.78, 5) is 23.0. The highest BCUT2D eigenvalue weighted by Gasteiger charge is 2.17. The van der Waals surface area contributed by atoms with E-state index in [1.807, 2.05) is 0 Å². The van der Waals surface area contributed by atoms with Gasteiger partial charge in [-0.05, 0) is 47.0 Å². The quantitative estimate of drug-likeness (QED) is 0.660. The molecule has 0 unspecified atom stereocenters. The van der Waals surface area contributed by atoms with Crippen LogP contribution in [0.1, 0.15) is 31.4 Å². The minimum absolute atomic E-state index is 0.234. The van der Waals surface area contributed by atoms with Crippen LogP contribution in [0, 0.1) is 0 Å². The predicted molar refractivity (Wildman–Crippen MR) is 76.8 cm³/mol. The van der Waals surface area contributed by atoms with Gasteiger partial charge in [-0.25, -0.2) is 4.79 Å². The molecule has 0 atom stereocenters.